The Kier molecular flexibility index (Phi) is 7.26. The molecule has 224 valence electrons. The Hall–Kier alpha value is -4.22. The first-order chi connectivity index (χ1) is 20.3. The molecule has 1 unspecified atom stereocenters. The highest BCUT2D eigenvalue weighted by Gasteiger charge is 2.78. The van der Waals surface area contributed by atoms with Crippen molar-refractivity contribution in [2.75, 3.05) is 31.1 Å². The summed E-state index contributed by atoms with van der Waals surface area (Å²) in [5, 5.41) is 10.4. The van der Waals surface area contributed by atoms with Gasteiger partial charge in [0.25, 0.3) is 5.54 Å². The monoisotopic (exact) mass is 614 g/mol. The highest BCUT2D eigenvalue weighted by Crippen LogP contribution is 2.64. The maximum Gasteiger partial charge on any atom is 0.414 e. The van der Waals surface area contributed by atoms with E-state index in [9.17, 15) is 14.0 Å². The Morgan fingerprint density at radius 2 is 1.93 bits per heavy atom. The third-order valence-corrected chi connectivity index (χ3v) is 8.75. The van der Waals surface area contributed by atoms with E-state index in [0.717, 1.165) is 17.0 Å². The maximum atomic E-state index is 15.3. The second-order valence-electron chi connectivity index (χ2n) is 11.1. The Labute approximate surface area is 250 Å². The first-order valence-corrected chi connectivity index (χ1v) is 13.6. The van der Waals surface area contributed by atoms with E-state index in [-0.39, 0.29) is 73.0 Å². The molecule has 0 spiro atoms. The first kappa shape index (κ1) is 28.9. The van der Waals surface area contributed by atoms with Crippen molar-refractivity contribution in [3.05, 3.63) is 71.6 Å². The molecule has 1 N–H and O–H groups in total. The molecule has 3 aliphatic heterocycles. The van der Waals surface area contributed by atoms with Gasteiger partial charge in [0.1, 0.15) is 29.6 Å². The largest absolute Gasteiger partial charge is 0.442 e. The summed E-state index contributed by atoms with van der Waals surface area (Å²) in [5.74, 6) is -2.12. The van der Waals surface area contributed by atoms with Crippen molar-refractivity contribution in [3.8, 4) is 11.1 Å². The number of alkyl halides is 1. The van der Waals surface area contributed by atoms with Gasteiger partial charge < -0.3 is 19.8 Å². The molecule has 2 amide bonds. The van der Waals surface area contributed by atoms with Crippen molar-refractivity contribution in [1.82, 2.24) is 30.2 Å². The molecule has 3 saturated heterocycles. The number of likely N-dealkylation sites (tertiary alicyclic amines) is 1. The zero-order valence-corrected chi connectivity index (χ0v) is 23.4. The molecule has 7 rings (SSSR count). The molecular weight excluding hydrogens is 589 g/mol. The molecule has 6 atom stereocenters. The lowest BCUT2D eigenvalue weighted by Gasteiger charge is -2.24. The number of nitrogens with zero attached hydrogens (tertiary/aromatic N) is 7. The summed E-state index contributed by atoms with van der Waals surface area (Å²) in [7, 11) is 0. The molecule has 4 fully saturated rings. The van der Waals surface area contributed by atoms with E-state index in [1.54, 1.807) is 17.2 Å². The average Bonchev–Trinajstić information content (AvgIpc) is 3.62. The van der Waals surface area contributed by atoms with Gasteiger partial charge in [0.2, 0.25) is 5.91 Å². The van der Waals surface area contributed by atoms with E-state index in [1.807, 2.05) is 0 Å². The van der Waals surface area contributed by atoms with E-state index in [0.29, 0.717) is 18.8 Å². The highest BCUT2D eigenvalue weighted by molar-refractivity contribution is 5.90. The van der Waals surface area contributed by atoms with Crippen LogP contribution in [0.1, 0.15) is 12.1 Å². The molecule has 0 bridgehead atoms. The van der Waals surface area contributed by atoms with Crippen molar-refractivity contribution in [2.45, 2.75) is 36.8 Å². The summed E-state index contributed by atoms with van der Waals surface area (Å²) in [4.78, 5) is 36.3. The third kappa shape index (κ3) is 4.76. The summed E-state index contributed by atoms with van der Waals surface area (Å²) in [6.45, 7) is 9.17. The Bertz CT molecular complexity index is 1570. The number of halogens is 4. The molecule has 2 aromatic heterocycles. The molecule has 1 aliphatic carbocycles. The second kappa shape index (κ2) is 10.8. The smallest absolute Gasteiger partial charge is 0.414 e. The van der Waals surface area contributed by atoms with Crippen molar-refractivity contribution in [1.29, 1.82) is 0 Å². The molecule has 5 heterocycles. The van der Waals surface area contributed by atoms with Crippen LogP contribution in [-0.4, -0.2) is 81.4 Å². The zero-order chi connectivity index (χ0) is 29.2. The van der Waals surface area contributed by atoms with Gasteiger partial charge in [0, 0.05) is 44.0 Å². The zero-order valence-electron chi connectivity index (χ0n) is 22.6. The molecular formula is C28H26ClF3N8O3. The van der Waals surface area contributed by atoms with Gasteiger partial charge in [0.05, 0.1) is 48.4 Å². The number of aromatic nitrogens is 4. The molecule has 0 radical (unpaired) electrons. The van der Waals surface area contributed by atoms with Gasteiger partial charge in [0.15, 0.2) is 0 Å². The van der Waals surface area contributed by atoms with Gasteiger partial charge in [-0.25, -0.2) is 29.2 Å². The number of rotatable bonds is 6. The van der Waals surface area contributed by atoms with Crippen LogP contribution in [0.3, 0.4) is 0 Å². The van der Waals surface area contributed by atoms with Gasteiger partial charge >= 0.3 is 6.09 Å². The van der Waals surface area contributed by atoms with Crippen molar-refractivity contribution in [2.24, 2.45) is 11.8 Å². The van der Waals surface area contributed by atoms with E-state index in [1.165, 1.54) is 23.1 Å². The summed E-state index contributed by atoms with van der Waals surface area (Å²) < 4.78 is 50.9. The number of fused-ring (bicyclic) bond motifs is 1. The van der Waals surface area contributed by atoms with Crippen LogP contribution in [0.2, 0.25) is 0 Å². The lowest BCUT2D eigenvalue weighted by atomic mass is 10.0. The van der Waals surface area contributed by atoms with Crippen LogP contribution in [0.25, 0.3) is 16.0 Å². The van der Waals surface area contributed by atoms with Crippen LogP contribution in [0, 0.1) is 30.0 Å². The van der Waals surface area contributed by atoms with Crippen LogP contribution in [0.5, 0.6) is 0 Å². The molecule has 1 saturated carbocycles. The third-order valence-electron chi connectivity index (χ3n) is 8.75. The number of pyridine rings is 1. The van der Waals surface area contributed by atoms with Gasteiger partial charge in [-0.15, -0.1) is 17.5 Å². The lowest BCUT2D eigenvalue weighted by Crippen LogP contribution is -2.44. The van der Waals surface area contributed by atoms with E-state index < -0.39 is 41.6 Å². The SMILES string of the molecule is Cl.[C-]#[N+]C1(c2ccc(-c3c(F)cc(N4C[C@H](Cn5ccnn5)OC4=O)cc3F)cn2)[C@@H]2CN(C(=O)[C@@H]3C[C@H](F)CN3)C[C@@H]21. The lowest BCUT2D eigenvalue weighted by molar-refractivity contribution is -0.132. The van der Waals surface area contributed by atoms with Crippen molar-refractivity contribution in [3.63, 3.8) is 0 Å². The first-order valence-electron chi connectivity index (χ1n) is 13.6. The van der Waals surface area contributed by atoms with Gasteiger partial charge in [-0.3, -0.25) is 14.7 Å². The molecule has 3 aromatic rings. The van der Waals surface area contributed by atoms with Crippen LogP contribution < -0.4 is 10.2 Å². The van der Waals surface area contributed by atoms with Gasteiger partial charge in [-0.05, 0) is 18.2 Å². The topological polar surface area (TPSA) is 110 Å². The van der Waals surface area contributed by atoms with Crippen LogP contribution >= 0.6 is 12.4 Å². The number of piperidine rings is 1. The predicted octanol–water partition coefficient (Wildman–Crippen LogP) is 2.97. The highest BCUT2D eigenvalue weighted by atomic mass is 35.5. The normalized spacial score (nSPS) is 29.2. The molecule has 15 heteroatoms. The molecule has 1 aromatic carbocycles. The standard InChI is InChI=1S/C28H25F3N8O3.ClH/c1-32-28(19-13-37(14-20(19)28)26(40)23-6-16(29)10-33-23)24-3-2-15(9-34-24)25-21(30)7-17(8-22(25)31)39-12-18(42-27(39)41)11-38-5-4-35-36-38;/h2-5,7-9,16,18-20,23,33H,6,10-14H2;1H/t16-,18-,19-,20+,23-,28?;/m0./s1. The van der Waals surface area contributed by atoms with Gasteiger partial charge in [-0.2, -0.15) is 0 Å². The van der Waals surface area contributed by atoms with E-state index >= 15 is 8.78 Å². The number of carbonyl (C=O) groups excluding carboxylic acids is 2. The maximum absolute atomic E-state index is 15.3. The van der Waals surface area contributed by atoms with E-state index in [2.05, 4.69) is 25.5 Å². The minimum Gasteiger partial charge on any atom is -0.442 e. The van der Waals surface area contributed by atoms with Crippen molar-refractivity contribution >= 4 is 30.1 Å². The summed E-state index contributed by atoms with van der Waals surface area (Å²) >= 11 is 0. The fourth-order valence-corrected chi connectivity index (χ4v) is 6.62. The quantitative estimate of drug-likeness (QED) is 0.425. The van der Waals surface area contributed by atoms with Gasteiger partial charge in [-0.1, -0.05) is 11.3 Å². The average molecular weight is 615 g/mol. The number of nitrogens with one attached hydrogen (secondary N) is 1. The summed E-state index contributed by atoms with van der Waals surface area (Å²) in [5.41, 5.74) is -0.507. The second-order valence-corrected chi connectivity index (χ2v) is 11.1. The number of cyclic esters (lactones) is 1. The van der Waals surface area contributed by atoms with E-state index in [4.69, 9.17) is 11.3 Å². The van der Waals surface area contributed by atoms with Crippen molar-refractivity contribution < 1.29 is 27.5 Å². The van der Waals surface area contributed by atoms with Crippen LogP contribution in [0.15, 0.2) is 42.9 Å². The number of carbonyl (C=O) groups is 2. The Morgan fingerprint density at radius 3 is 2.51 bits per heavy atom. The number of anilines is 1. The van der Waals surface area contributed by atoms with Crippen LogP contribution in [-0.2, 0) is 21.6 Å². The fraction of sp³-hybridized carbons (Fsp3) is 0.429. The Balaban J connectivity index is 0.00000329. The minimum atomic E-state index is -1.04. The van der Waals surface area contributed by atoms with Crippen LogP contribution in [0.4, 0.5) is 23.7 Å². The number of ether oxygens (including phenoxy) is 1. The number of benzene rings is 1. The minimum absolute atomic E-state index is 0. The fourth-order valence-electron chi connectivity index (χ4n) is 6.62. The number of amides is 2. The number of hydrogen-bond acceptors (Lipinski definition) is 7. The summed E-state index contributed by atoms with van der Waals surface area (Å²) in [6, 6.07) is 4.74. The summed E-state index contributed by atoms with van der Waals surface area (Å²) in [6.07, 6.45) is 2.28. The predicted molar refractivity (Wildman–Crippen MR) is 148 cm³/mol. The molecule has 4 aliphatic rings. The molecule has 43 heavy (non-hydrogen) atoms. The number of hydrogen-bond donors (Lipinski definition) is 1. The Morgan fingerprint density at radius 1 is 1.19 bits per heavy atom. The molecule has 11 nitrogen and oxygen atoms in total.